The summed E-state index contributed by atoms with van der Waals surface area (Å²) in [4.78, 5) is 2.38. The van der Waals surface area contributed by atoms with E-state index in [4.69, 9.17) is 5.11 Å². The molecule has 1 unspecified atom stereocenters. The highest BCUT2D eigenvalue weighted by Gasteiger charge is 2.13. The van der Waals surface area contributed by atoms with Crippen LogP contribution in [0.3, 0.4) is 0 Å². The van der Waals surface area contributed by atoms with Gasteiger partial charge in [0, 0.05) is 12.6 Å². The third kappa shape index (κ3) is 14.7. The normalized spacial score (nSPS) is 21.7. The molecular formula is C11H27NO. The number of hydrogen-bond donors (Lipinski definition) is 1. The van der Waals surface area contributed by atoms with Crippen molar-refractivity contribution in [2.45, 2.75) is 47.1 Å². The van der Waals surface area contributed by atoms with E-state index in [9.17, 15) is 0 Å². The molecule has 1 aliphatic heterocycles. The summed E-state index contributed by atoms with van der Waals surface area (Å²) < 4.78 is 0. The van der Waals surface area contributed by atoms with Crippen molar-refractivity contribution in [1.82, 2.24) is 4.90 Å². The largest absolute Gasteiger partial charge is 0.394 e. The predicted molar refractivity (Wildman–Crippen MR) is 60.0 cm³/mol. The Morgan fingerprint density at radius 3 is 1.77 bits per heavy atom. The molecule has 1 N–H and O–H groups in total. The Labute approximate surface area is 83.9 Å². The van der Waals surface area contributed by atoms with Crippen LogP contribution in [0.1, 0.15) is 41.0 Å². The van der Waals surface area contributed by atoms with Gasteiger partial charge >= 0.3 is 0 Å². The van der Waals surface area contributed by atoms with Gasteiger partial charge in [-0.05, 0) is 39.8 Å². The Kier molecular flexibility index (Phi) is 11.8. The van der Waals surface area contributed by atoms with Crippen LogP contribution in [-0.2, 0) is 0 Å². The molecule has 1 heterocycles. The lowest BCUT2D eigenvalue weighted by Gasteiger charge is -2.03. The first-order valence-electron chi connectivity index (χ1n) is 5.39. The lowest BCUT2D eigenvalue weighted by atomic mass is 10.2. The topological polar surface area (TPSA) is 23.5 Å². The van der Waals surface area contributed by atoms with E-state index < -0.39 is 0 Å². The highest BCUT2D eigenvalue weighted by Crippen LogP contribution is 2.11. The second kappa shape index (κ2) is 10.0. The average molecular weight is 189 g/mol. The number of rotatable bonds is 0. The first kappa shape index (κ1) is 15.4. The average Bonchev–Trinajstić information content (AvgIpc) is 2.38. The minimum absolute atomic E-state index is 0.167. The molecular weight excluding hydrogens is 162 g/mol. The molecule has 0 aromatic heterocycles. The van der Waals surface area contributed by atoms with Crippen molar-refractivity contribution in [3.8, 4) is 0 Å². The Bertz CT molecular complexity index is 83.3. The highest BCUT2D eigenvalue weighted by atomic mass is 16.3. The van der Waals surface area contributed by atoms with Gasteiger partial charge in [0.05, 0.1) is 0 Å². The molecule has 2 nitrogen and oxygen atoms in total. The van der Waals surface area contributed by atoms with Crippen LogP contribution in [0.5, 0.6) is 0 Å². The molecule has 1 fully saturated rings. The van der Waals surface area contributed by atoms with Crippen molar-refractivity contribution in [2.75, 3.05) is 20.1 Å². The summed E-state index contributed by atoms with van der Waals surface area (Å²) in [5.74, 6) is 0.949. The smallest absolute Gasteiger partial charge is 0.0483 e. The first-order chi connectivity index (χ1) is 6.02. The van der Waals surface area contributed by atoms with E-state index in [0.717, 1.165) is 5.92 Å². The van der Waals surface area contributed by atoms with Crippen LogP contribution in [0.2, 0.25) is 0 Å². The van der Waals surface area contributed by atoms with Gasteiger partial charge in [0.2, 0.25) is 0 Å². The fourth-order valence-corrected chi connectivity index (χ4v) is 1.16. The second-order valence-electron chi connectivity index (χ2n) is 3.75. The van der Waals surface area contributed by atoms with Crippen molar-refractivity contribution in [2.24, 2.45) is 5.92 Å². The van der Waals surface area contributed by atoms with Crippen LogP contribution in [0, 0.1) is 5.92 Å². The lowest BCUT2D eigenvalue weighted by molar-refractivity contribution is 0.216. The summed E-state index contributed by atoms with van der Waals surface area (Å²) in [6.45, 7) is 12.4. The lowest BCUT2D eigenvalue weighted by Crippen LogP contribution is -2.12. The summed E-state index contributed by atoms with van der Waals surface area (Å²) >= 11 is 0. The third-order valence-electron chi connectivity index (χ3n) is 1.63. The predicted octanol–water partition coefficient (Wildman–Crippen LogP) is 2.37. The van der Waals surface area contributed by atoms with Crippen molar-refractivity contribution in [1.29, 1.82) is 0 Å². The molecule has 82 valence electrons. The van der Waals surface area contributed by atoms with Gasteiger partial charge in [-0.25, -0.2) is 0 Å². The summed E-state index contributed by atoms with van der Waals surface area (Å²) in [5, 5.41) is 8.06. The van der Waals surface area contributed by atoms with Gasteiger partial charge in [0.15, 0.2) is 0 Å². The van der Waals surface area contributed by atoms with Crippen molar-refractivity contribution in [3.63, 3.8) is 0 Å². The van der Waals surface area contributed by atoms with Gasteiger partial charge in [-0.2, -0.15) is 0 Å². The van der Waals surface area contributed by atoms with Gasteiger partial charge in [-0.3, -0.25) is 0 Å². The summed E-state index contributed by atoms with van der Waals surface area (Å²) in [5.41, 5.74) is 0. The van der Waals surface area contributed by atoms with E-state index in [0.29, 0.717) is 0 Å². The number of nitrogens with zero attached hydrogens (tertiary/aromatic N) is 1. The fraction of sp³-hybridized carbons (Fsp3) is 1.00. The van der Waals surface area contributed by atoms with Gasteiger partial charge in [-0.15, -0.1) is 0 Å². The summed E-state index contributed by atoms with van der Waals surface area (Å²) in [6.07, 6.45) is 1.23. The number of hydrogen-bond acceptors (Lipinski definition) is 2. The van der Waals surface area contributed by atoms with Crippen LogP contribution in [0.25, 0.3) is 0 Å². The maximum atomic E-state index is 8.06. The highest BCUT2D eigenvalue weighted by molar-refractivity contribution is 4.67. The van der Waals surface area contributed by atoms with Crippen LogP contribution in [0.15, 0.2) is 0 Å². The second-order valence-corrected chi connectivity index (χ2v) is 3.75. The Balaban J connectivity index is 0. The maximum absolute atomic E-state index is 8.06. The molecule has 0 amide bonds. The summed E-state index contributed by atoms with van der Waals surface area (Å²) in [7, 11) is 2.18. The van der Waals surface area contributed by atoms with Gasteiger partial charge in [-0.1, -0.05) is 20.8 Å². The molecule has 1 aliphatic rings. The molecule has 0 saturated carbocycles. The molecule has 0 aromatic carbocycles. The standard InChI is InChI=1S/C6H13N.C3H8O.C2H6/c1-6-3-4-7(2)5-6;1-3(2)4;1-2/h6H,3-5H2,1-2H3;3-4H,1-2H3;1-2H3. The molecule has 1 rings (SSSR count). The number of aliphatic hydroxyl groups is 1. The number of likely N-dealkylation sites (tertiary alicyclic amines) is 1. The van der Waals surface area contributed by atoms with Crippen molar-refractivity contribution in [3.05, 3.63) is 0 Å². The monoisotopic (exact) mass is 189 g/mol. The zero-order valence-corrected chi connectivity index (χ0v) is 10.2. The minimum Gasteiger partial charge on any atom is -0.394 e. The van der Waals surface area contributed by atoms with E-state index in [1.54, 1.807) is 13.8 Å². The van der Waals surface area contributed by atoms with Crippen LogP contribution >= 0.6 is 0 Å². The Morgan fingerprint density at radius 1 is 1.31 bits per heavy atom. The van der Waals surface area contributed by atoms with Crippen molar-refractivity contribution >= 4 is 0 Å². The van der Waals surface area contributed by atoms with E-state index >= 15 is 0 Å². The molecule has 13 heavy (non-hydrogen) atoms. The fourth-order valence-electron chi connectivity index (χ4n) is 1.16. The number of aliphatic hydroxyl groups excluding tert-OH is 1. The Morgan fingerprint density at radius 2 is 1.69 bits per heavy atom. The SMILES string of the molecule is CC.CC(C)O.CC1CCN(C)C1. The molecule has 1 atom stereocenters. The molecule has 0 aliphatic carbocycles. The summed E-state index contributed by atoms with van der Waals surface area (Å²) in [6, 6.07) is 0. The van der Waals surface area contributed by atoms with E-state index in [1.807, 2.05) is 13.8 Å². The van der Waals surface area contributed by atoms with E-state index in [1.165, 1.54) is 19.5 Å². The van der Waals surface area contributed by atoms with Crippen LogP contribution in [-0.4, -0.2) is 36.2 Å². The van der Waals surface area contributed by atoms with Gasteiger partial charge in [0.1, 0.15) is 0 Å². The van der Waals surface area contributed by atoms with Gasteiger partial charge < -0.3 is 10.0 Å². The zero-order valence-electron chi connectivity index (χ0n) is 10.2. The zero-order chi connectivity index (χ0) is 10.9. The maximum Gasteiger partial charge on any atom is 0.0483 e. The van der Waals surface area contributed by atoms with E-state index in [2.05, 4.69) is 18.9 Å². The van der Waals surface area contributed by atoms with Crippen LogP contribution < -0.4 is 0 Å². The molecule has 2 heteroatoms. The van der Waals surface area contributed by atoms with Crippen LogP contribution in [0.4, 0.5) is 0 Å². The minimum atomic E-state index is -0.167. The van der Waals surface area contributed by atoms with E-state index in [-0.39, 0.29) is 6.10 Å². The molecule has 0 aromatic rings. The molecule has 0 radical (unpaired) electrons. The quantitative estimate of drug-likeness (QED) is 0.632. The molecule has 1 saturated heterocycles. The Hall–Kier alpha value is -0.0800. The van der Waals surface area contributed by atoms with Crippen molar-refractivity contribution < 1.29 is 5.11 Å². The third-order valence-corrected chi connectivity index (χ3v) is 1.63. The van der Waals surface area contributed by atoms with Gasteiger partial charge in [0.25, 0.3) is 0 Å². The molecule has 0 spiro atoms. The first-order valence-corrected chi connectivity index (χ1v) is 5.39. The molecule has 0 bridgehead atoms.